The van der Waals surface area contributed by atoms with Gasteiger partial charge in [-0.25, -0.2) is 9.78 Å². The second kappa shape index (κ2) is 6.18. The molecule has 2 heterocycles. The summed E-state index contributed by atoms with van der Waals surface area (Å²) >= 11 is 0. The van der Waals surface area contributed by atoms with E-state index in [0.717, 1.165) is 18.0 Å². The molecule has 0 aliphatic carbocycles. The van der Waals surface area contributed by atoms with E-state index in [1.54, 1.807) is 6.20 Å². The normalized spacial score (nSPS) is 16.4. The number of hydrogen-bond donors (Lipinski definition) is 2. The van der Waals surface area contributed by atoms with Crippen LogP contribution in [0.2, 0.25) is 0 Å². The standard InChI is InChI=1S/C16H16F3N3O2/c17-16(18,19)12-3-1-10(2-4-12)13-9-20-14(21-13)11-5-7-22(8-6-11)15(23)24/h1-4,9,11H,5-8H2,(H,20,21)(H,23,24). The number of imidazole rings is 1. The first-order valence-electron chi connectivity index (χ1n) is 7.55. The molecule has 128 valence electrons. The molecule has 0 unspecified atom stereocenters. The molecule has 1 saturated heterocycles. The molecule has 0 atom stereocenters. The molecule has 1 aliphatic rings. The molecule has 0 saturated carbocycles. The molecule has 0 spiro atoms. The largest absolute Gasteiger partial charge is 0.465 e. The number of likely N-dealkylation sites (tertiary alicyclic amines) is 1. The van der Waals surface area contributed by atoms with E-state index in [4.69, 9.17) is 5.11 Å². The number of nitrogens with one attached hydrogen (secondary N) is 1. The van der Waals surface area contributed by atoms with Crippen molar-refractivity contribution in [1.82, 2.24) is 14.9 Å². The fourth-order valence-corrected chi connectivity index (χ4v) is 2.87. The number of H-pyrrole nitrogens is 1. The molecule has 1 aromatic heterocycles. The predicted molar refractivity (Wildman–Crippen MR) is 80.6 cm³/mol. The van der Waals surface area contributed by atoms with Gasteiger partial charge < -0.3 is 15.0 Å². The highest BCUT2D eigenvalue weighted by molar-refractivity contribution is 5.65. The number of aromatic amines is 1. The average molecular weight is 339 g/mol. The van der Waals surface area contributed by atoms with Crippen LogP contribution in [-0.2, 0) is 6.18 Å². The van der Waals surface area contributed by atoms with Gasteiger partial charge in [-0.2, -0.15) is 13.2 Å². The topological polar surface area (TPSA) is 69.2 Å². The van der Waals surface area contributed by atoms with Crippen molar-refractivity contribution in [3.63, 3.8) is 0 Å². The Balaban J connectivity index is 1.71. The molecule has 8 heteroatoms. The maximum absolute atomic E-state index is 12.6. The smallest absolute Gasteiger partial charge is 0.416 e. The summed E-state index contributed by atoms with van der Waals surface area (Å²) in [5.41, 5.74) is 0.594. The number of aromatic nitrogens is 2. The first kappa shape index (κ1) is 16.4. The highest BCUT2D eigenvalue weighted by Crippen LogP contribution is 2.31. The van der Waals surface area contributed by atoms with Crippen LogP contribution in [-0.4, -0.2) is 39.2 Å². The molecular formula is C16H16F3N3O2. The number of amides is 1. The van der Waals surface area contributed by atoms with Crippen molar-refractivity contribution >= 4 is 6.09 Å². The summed E-state index contributed by atoms with van der Waals surface area (Å²) in [5, 5.41) is 8.95. The molecule has 1 aromatic carbocycles. The lowest BCUT2D eigenvalue weighted by atomic mass is 9.96. The van der Waals surface area contributed by atoms with Crippen LogP contribution in [0.15, 0.2) is 30.5 Å². The van der Waals surface area contributed by atoms with Crippen LogP contribution in [0.25, 0.3) is 11.3 Å². The van der Waals surface area contributed by atoms with Crippen molar-refractivity contribution < 1.29 is 23.1 Å². The van der Waals surface area contributed by atoms with Crippen molar-refractivity contribution in [3.05, 3.63) is 41.9 Å². The average Bonchev–Trinajstić information content (AvgIpc) is 3.04. The second-order valence-corrected chi connectivity index (χ2v) is 5.80. The maximum Gasteiger partial charge on any atom is 0.416 e. The van der Waals surface area contributed by atoms with E-state index in [2.05, 4.69) is 9.97 Å². The Morgan fingerprint density at radius 2 is 1.83 bits per heavy atom. The summed E-state index contributed by atoms with van der Waals surface area (Å²) in [6.45, 7) is 0.909. The first-order valence-corrected chi connectivity index (χ1v) is 7.55. The number of hydrogen-bond acceptors (Lipinski definition) is 2. The maximum atomic E-state index is 12.6. The number of alkyl halides is 3. The van der Waals surface area contributed by atoms with Gasteiger partial charge in [-0.15, -0.1) is 0 Å². The zero-order valence-corrected chi connectivity index (χ0v) is 12.7. The third-order valence-corrected chi connectivity index (χ3v) is 4.27. The van der Waals surface area contributed by atoms with E-state index in [1.807, 2.05) is 0 Å². The third-order valence-electron chi connectivity index (χ3n) is 4.27. The molecule has 1 aliphatic heterocycles. The quantitative estimate of drug-likeness (QED) is 0.870. The number of halogens is 3. The van der Waals surface area contributed by atoms with E-state index in [1.165, 1.54) is 17.0 Å². The highest BCUT2D eigenvalue weighted by Gasteiger charge is 2.30. The van der Waals surface area contributed by atoms with Gasteiger partial charge in [-0.05, 0) is 30.5 Å². The summed E-state index contributed by atoms with van der Waals surface area (Å²) in [5.74, 6) is 0.874. The van der Waals surface area contributed by atoms with Crippen molar-refractivity contribution in [2.24, 2.45) is 0 Å². The van der Waals surface area contributed by atoms with Gasteiger partial charge in [-0.3, -0.25) is 0 Å². The van der Waals surface area contributed by atoms with Crippen molar-refractivity contribution in [3.8, 4) is 11.3 Å². The van der Waals surface area contributed by atoms with E-state index in [-0.39, 0.29) is 5.92 Å². The molecule has 0 radical (unpaired) electrons. The van der Waals surface area contributed by atoms with Crippen LogP contribution in [0.5, 0.6) is 0 Å². The number of benzene rings is 1. The van der Waals surface area contributed by atoms with Gasteiger partial charge in [0.05, 0.1) is 17.5 Å². The number of carboxylic acid groups (broad SMARTS) is 1. The Morgan fingerprint density at radius 3 is 2.38 bits per heavy atom. The summed E-state index contributed by atoms with van der Waals surface area (Å²) in [6.07, 6.45) is -2.33. The predicted octanol–water partition coefficient (Wildman–Crippen LogP) is 3.95. The van der Waals surface area contributed by atoms with Gasteiger partial charge in [-0.1, -0.05) is 12.1 Å². The molecule has 2 N–H and O–H groups in total. The third kappa shape index (κ3) is 3.37. The van der Waals surface area contributed by atoms with Crippen LogP contribution in [0.1, 0.15) is 30.1 Å². The summed E-state index contributed by atoms with van der Waals surface area (Å²) < 4.78 is 37.8. The zero-order chi connectivity index (χ0) is 17.3. The highest BCUT2D eigenvalue weighted by atomic mass is 19.4. The van der Waals surface area contributed by atoms with Crippen molar-refractivity contribution in [2.75, 3.05) is 13.1 Å². The van der Waals surface area contributed by atoms with E-state index in [0.29, 0.717) is 37.2 Å². The van der Waals surface area contributed by atoms with Crippen molar-refractivity contribution in [1.29, 1.82) is 0 Å². The van der Waals surface area contributed by atoms with Gasteiger partial charge in [0.25, 0.3) is 0 Å². The van der Waals surface area contributed by atoms with Gasteiger partial charge >= 0.3 is 12.3 Å². The molecular weight excluding hydrogens is 323 g/mol. The zero-order valence-electron chi connectivity index (χ0n) is 12.7. The fourth-order valence-electron chi connectivity index (χ4n) is 2.87. The van der Waals surface area contributed by atoms with Crippen LogP contribution in [0.4, 0.5) is 18.0 Å². The minimum absolute atomic E-state index is 0.129. The molecule has 0 bridgehead atoms. The van der Waals surface area contributed by atoms with Crippen LogP contribution >= 0.6 is 0 Å². The number of carbonyl (C=O) groups is 1. The molecule has 1 amide bonds. The van der Waals surface area contributed by atoms with Gasteiger partial charge in [0.15, 0.2) is 0 Å². The summed E-state index contributed by atoms with van der Waals surface area (Å²) in [7, 11) is 0. The minimum Gasteiger partial charge on any atom is -0.465 e. The van der Waals surface area contributed by atoms with Crippen molar-refractivity contribution in [2.45, 2.75) is 24.9 Å². The Kier molecular flexibility index (Phi) is 4.21. The summed E-state index contributed by atoms with van der Waals surface area (Å²) in [6, 6.07) is 4.91. The molecule has 5 nitrogen and oxygen atoms in total. The monoisotopic (exact) mass is 339 g/mol. The Hall–Kier alpha value is -2.51. The SMILES string of the molecule is O=C(O)N1CCC(c2ncc(-c3ccc(C(F)(F)F)cc3)[nH]2)CC1. The van der Waals surface area contributed by atoms with Crippen LogP contribution in [0, 0.1) is 0 Å². The van der Waals surface area contributed by atoms with Gasteiger partial charge in [0, 0.05) is 19.0 Å². The van der Waals surface area contributed by atoms with Gasteiger partial charge in [0.2, 0.25) is 0 Å². The fraction of sp³-hybridized carbons (Fsp3) is 0.375. The number of nitrogens with zero attached hydrogens (tertiary/aromatic N) is 2. The first-order chi connectivity index (χ1) is 11.3. The van der Waals surface area contributed by atoms with Crippen LogP contribution in [0.3, 0.4) is 0 Å². The number of rotatable bonds is 2. The van der Waals surface area contributed by atoms with Gasteiger partial charge in [0.1, 0.15) is 5.82 Å². The lowest BCUT2D eigenvalue weighted by molar-refractivity contribution is -0.137. The Labute approximate surface area is 136 Å². The van der Waals surface area contributed by atoms with E-state index in [9.17, 15) is 18.0 Å². The molecule has 1 fully saturated rings. The molecule has 2 aromatic rings. The Morgan fingerprint density at radius 1 is 1.21 bits per heavy atom. The number of piperidine rings is 1. The lowest BCUT2D eigenvalue weighted by Crippen LogP contribution is -2.37. The molecule has 3 rings (SSSR count). The van der Waals surface area contributed by atoms with E-state index >= 15 is 0 Å². The van der Waals surface area contributed by atoms with Crippen LogP contribution < -0.4 is 0 Å². The Bertz CT molecular complexity index is 717. The summed E-state index contributed by atoms with van der Waals surface area (Å²) in [4.78, 5) is 19.7. The van der Waals surface area contributed by atoms with E-state index < -0.39 is 17.8 Å². The second-order valence-electron chi connectivity index (χ2n) is 5.80. The minimum atomic E-state index is -4.35. The molecule has 24 heavy (non-hydrogen) atoms. The lowest BCUT2D eigenvalue weighted by Gasteiger charge is -2.28.